The van der Waals surface area contributed by atoms with Crippen LogP contribution >= 0.6 is 11.6 Å². The number of aliphatic hydroxyl groups is 1. The lowest BCUT2D eigenvalue weighted by molar-refractivity contribution is 0.140. The second kappa shape index (κ2) is 6.74. The Labute approximate surface area is 102 Å². The molecule has 4 heteroatoms. The van der Waals surface area contributed by atoms with E-state index in [4.69, 9.17) is 21.4 Å². The molecule has 1 atom stereocenters. The first-order valence-corrected chi connectivity index (χ1v) is 5.70. The minimum Gasteiger partial charge on any atom is -0.492 e. The number of benzene rings is 1. The summed E-state index contributed by atoms with van der Waals surface area (Å²) in [5.74, 6) is 0.776. The Bertz CT molecular complexity index is 320. The maximum atomic E-state index is 8.96. The summed E-state index contributed by atoms with van der Waals surface area (Å²) in [5, 5.41) is 9.63. The molecule has 3 nitrogen and oxygen atoms in total. The Hall–Kier alpha value is -0.770. The summed E-state index contributed by atoms with van der Waals surface area (Å²) in [6.07, 6.45) is 0. The van der Waals surface area contributed by atoms with Gasteiger partial charge in [-0.2, -0.15) is 0 Å². The molecule has 0 heterocycles. The largest absolute Gasteiger partial charge is 0.492 e. The average molecular weight is 244 g/mol. The van der Waals surface area contributed by atoms with E-state index >= 15 is 0 Å². The van der Waals surface area contributed by atoms with Crippen LogP contribution in [0.1, 0.15) is 6.92 Å². The van der Waals surface area contributed by atoms with E-state index in [0.29, 0.717) is 11.6 Å². The van der Waals surface area contributed by atoms with Gasteiger partial charge in [0.2, 0.25) is 0 Å². The van der Waals surface area contributed by atoms with Gasteiger partial charge >= 0.3 is 0 Å². The molecular weight excluding hydrogens is 226 g/mol. The third-order valence-electron chi connectivity index (χ3n) is 2.53. The molecule has 90 valence electrons. The van der Waals surface area contributed by atoms with Crippen LogP contribution < -0.4 is 4.74 Å². The molecule has 0 fully saturated rings. The smallest absolute Gasteiger partial charge is 0.120 e. The van der Waals surface area contributed by atoms with E-state index in [1.54, 1.807) is 6.07 Å². The van der Waals surface area contributed by atoms with Crippen molar-refractivity contribution in [1.29, 1.82) is 0 Å². The van der Waals surface area contributed by atoms with Gasteiger partial charge < -0.3 is 9.84 Å². The van der Waals surface area contributed by atoms with Crippen LogP contribution in [0, 0.1) is 0 Å². The van der Waals surface area contributed by atoms with E-state index in [1.807, 2.05) is 37.1 Å². The van der Waals surface area contributed by atoms with Crippen LogP contribution in [0.25, 0.3) is 0 Å². The molecule has 1 N–H and O–H groups in total. The van der Waals surface area contributed by atoms with Crippen LogP contribution in [0.2, 0.25) is 5.02 Å². The molecule has 1 rings (SSSR count). The predicted molar refractivity (Wildman–Crippen MR) is 66.1 cm³/mol. The van der Waals surface area contributed by atoms with Gasteiger partial charge in [-0.05, 0) is 32.2 Å². The van der Waals surface area contributed by atoms with E-state index in [1.165, 1.54) is 0 Å². The van der Waals surface area contributed by atoms with Gasteiger partial charge in [0.25, 0.3) is 0 Å². The van der Waals surface area contributed by atoms with Crippen LogP contribution in [0.3, 0.4) is 0 Å². The Morgan fingerprint density at radius 1 is 1.50 bits per heavy atom. The SMILES string of the molecule is CC(CO)N(C)CCOc1cccc(Cl)c1. The number of ether oxygens (including phenoxy) is 1. The van der Waals surface area contributed by atoms with Crippen molar-refractivity contribution in [3.8, 4) is 5.75 Å². The topological polar surface area (TPSA) is 32.7 Å². The van der Waals surface area contributed by atoms with Crippen molar-refractivity contribution in [2.45, 2.75) is 13.0 Å². The fourth-order valence-electron chi connectivity index (χ4n) is 1.22. The van der Waals surface area contributed by atoms with E-state index in [0.717, 1.165) is 12.3 Å². The van der Waals surface area contributed by atoms with Crippen molar-refractivity contribution in [2.75, 3.05) is 26.8 Å². The van der Waals surface area contributed by atoms with E-state index in [9.17, 15) is 0 Å². The maximum absolute atomic E-state index is 8.96. The lowest BCUT2D eigenvalue weighted by Crippen LogP contribution is -2.35. The molecule has 0 bridgehead atoms. The van der Waals surface area contributed by atoms with Gasteiger partial charge in [-0.25, -0.2) is 0 Å². The Morgan fingerprint density at radius 2 is 2.25 bits per heavy atom. The van der Waals surface area contributed by atoms with Gasteiger partial charge in [-0.1, -0.05) is 17.7 Å². The Kier molecular flexibility index (Phi) is 5.60. The number of nitrogens with zero attached hydrogens (tertiary/aromatic N) is 1. The maximum Gasteiger partial charge on any atom is 0.120 e. The second-order valence-corrected chi connectivity index (χ2v) is 4.25. The summed E-state index contributed by atoms with van der Waals surface area (Å²) in [4.78, 5) is 2.05. The molecule has 0 amide bonds. The molecule has 0 radical (unpaired) electrons. The molecule has 0 aliphatic heterocycles. The van der Waals surface area contributed by atoms with Gasteiger partial charge in [0.1, 0.15) is 12.4 Å². The molecule has 16 heavy (non-hydrogen) atoms. The molecule has 0 aliphatic carbocycles. The lowest BCUT2D eigenvalue weighted by atomic mass is 10.3. The molecule has 0 aliphatic rings. The minimum atomic E-state index is 0.156. The van der Waals surface area contributed by atoms with Crippen LogP contribution in [0.5, 0.6) is 5.75 Å². The summed E-state index contributed by atoms with van der Waals surface area (Å²) in [6, 6.07) is 7.49. The molecule has 0 saturated heterocycles. The third-order valence-corrected chi connectivity index (χ3v) is 2.76. The summed E-state index contributed by atoms with van der Waals surface area (Å²) in [5.41, 5.74) is 0. The summed E-state index contributed by atoms with van der Waals surface area (Å²) in [7, 11) is 1.96. The van der Waals surface area contributed by atoms with Crippen LogP contribution in [-0.2, 0) is 0 Å². The van der Waals surface area contributed by atoms with E-state index < -0.39 is 0 Å². The van der Waals surface area contributed by atoms with Gasteiger partial charge in [0.15, 0.2) is 0 Å². The van der Waals surface area contributed by atoms with Gasteiger partial charge in [0.05, 0.1) is 6.61 Å². The van der Waals surface area contributed by atoms with E-state index in [2.05, 4.69) is 0 Å². The van der Waals surface area contributed by atoms with Crippen molar-refractivity contribution in [2.24, 2.45) is 0 Å². The summed E-state index contributed by atoms with van der Waals surface area (Å²) < 4.78 is 5.54. The third kappa shape index (κ3) is 4.39. The molecule has 0 aromatic heterocycles. The summed E-state index contributed by atoms with van der Waals surface area (Å²) >= 11 is 5.84. The van der Waals surface area contributed by atoms with E-state index in [-0.39, 0.29) is 12.6 Å². The lowest BCUT2D eigenvalue weighted by Gasteiger charge is -2.22. The second-order valence-electron chi connectivity index (χ2n) is 3.82. The standard InChI is InChI=1S/C12H18ClNO2/c1-10(9-15)14(2)6-7-16-12-5-3-4-11(13)8-12/h3-5,8,10,15H,6-7,9H2,1-2H3. The van der Waals surface area contributed by atoms with Crippen LogP contribution in [0.4, 0.5) is 0 Å². The van der Waals surface area contributed by atoms with Gasteiger partial charge in [-0.15, -0.1) is 0 Å². The predicted octanol–water partition coefficient (Wildman–Crippen LogP) is 2.03. The summed E-state index contributed by atoms with van der Waals surface area (Å²) in [6.45, 7) is 3.49. The number of halogens is 1. The Balaban J connectivity index is 2.30. The van der Waals surface area contributed by atoms with Crippen LogP contribution in [0.15, 0.2) is 24.3 Å². The van der Waals surface area contributed by atoms with Crippen molar-refractivity contribution >= 4 is 11.6 Å². The normalized spacial score (nSPS) is 12.8. The molecule has 0 saturated carbocycles. The first-order valence-electron chi connectivity index (χ1n) is 5.33. The quantitative estimate of drug-likeness (QED) is 0.830. The highest BCUT2D eigenvalue weighted by Gasteiger charge is 2.06. The highest BCUT2D eigenvalue weighted by Crippen LogP contribution is 2.16. The number of hydrogen-bond acceptors (Lipinski definition) is 3. The monoisotopic (exact) mass is 243 g/mol. The fraction of sp³-hybridized carbons (Fsp3) is 0.500. The zero-order valence-corrected chi connectivity index (χ0v) is 10.4. The highest BCUT2D eigenvalue weighted by atomic mass is 35.5. The molecule has 0 spiro atoms. The molecule has 1 aromatic carbocycles. The minimum absolute atomic E-state index is 0.156. The van der Waals surface area contributed by atoms with Gasteiger partial charge in [-0.3, -0.25) is 4.90 Å². The Morgan fingerprint density at radius 3 is 2.88 bits per heavy atom. The molecule has 1 aromatic rings. The van der Waals surface area contributed by atoms with Crippen molar-refractivity contribution < 1.29 is 9.84 Å². The average Bonchev–Trinajstić information content (AvgIpc) is 2.28. The fourth-order valence-corrected chi connectivity index (χ4v) is 1.40. The zero-order chi connectivity index (χ0) is 12.0. The zero-order valence-electron chi connectivity index (χ0n) is 9.69. The van der Waals surface area contributed by atoms with Crippen molar-refractivity contribution in [3.05, 3.63) is 29.3 Å². The van der Waals surface area contributed by atoms with Gasteiger partial charge in [0, 0.05) is 17.6 Å². The number of aliphatic hydroxyl groups excluding tert-OH is 1. The first kappa shape index (κ1) is 13.3. The van der Waals surface area contributed by atoms with Crippen molar-refractivity contribution in [1.82, 2.24) is 4.90 Å². The molecular formula is C12H18ClNO2. The highest BCUT2D eigenvalue weighted by molar-refractivity contribution is 6.30. The van der Waals surface area contributed by atoms with Crippen LogP contribution in [-0.4, -0.2) is 42.9 Å². The number of hydrogen-bond donors (Lipinski definition) is 1. The first-order chi connectivity index (χ1) is 7.63. The molecule has 1 unspecified atom stereocenters. The van der Waals surface area contributed by atoms with Crippen molar-refractivity contribution in [3.63, 3.8) is 0 Å². The number of rotatable bonds is 6. The number of likely N-dealkylation sites (N-methyl/N-ethyl adjacent to an activating group) is 1.